The number of aromatic nitrogens is 2. The first kappa shape index (κ1) is 17.1. The summed E-state index contributed by atoms with van der Waals surface area (Å²) >= 11 is 1.51. The topological polar surface area (TPSA) is 63.9 Å². The lowest BCUT2D eigenvalue weighted by atomic mass is 10.1. The Bertz CT molecular complexity index is 1260. The zero-order valence-electron chi connectivity index (χ0n) is 15.2. The summed E-state index contributed by atoms with van der Waals surface area (Å²) in [6.07, 6.45) is 0.0646. The Morgan fingerprint density at radius 2 is 1.93 bits per heavy atom. The standard InChI is InChI=1S/C21H17N3O3S/c1-27-14-11-23(12-14)21(26)18-16-9-10-28-19(16)17-8-7-15(20(25)24(17)22-18)13-5-3-2-4-6-13/h2-10,14H,11-12H2,1H3. The van der Waals surface area contributed by atoms with Gasteiger partial charge in [-0.05, 0) is 29.1 Å². The van der Waals surface area contributed by atoms with Crippen LogP contribution in [0.1, 0.15) is 10.5 Å². The molecule has 1 amide bonds. The predicted octanol–water partition coefficient (Wildman–Crippen LogP) is 3.05. The third-order valence-corrected chi connectivity index (χ3v) is 6.10. The Labute approximate surface area is 164 Å². The molecule has 1 saturated heterocycles. The molecule has 1 aliphatic rings. The molecule has 4 aromatic rings. The summed E-state index contributed by atoms with van der Waals surface area (Å²) in [4.78, 5) is 27.9. The first-order valence-corrected chi connectivity index (χ1v) is 9.86. The molecule has 0 atom stereocenters. The number of thiophene rings is 1. The monoisotopic (exact) mass is 391 g/mol. The highest BCUT2D eigenvalue weighted by atomic mass is 32.1. The summed E-state index contributed by atoms with van der Waals surface area (Å²) in [5.74, 6) is -0.171. The second kappa shape index (κ2) is 6.54. The fourth-order valence-electron chi connectivity index (χ4n) is 3.54. The van der Waals surface area contributed by atoms with E-state index in [1.807, 2.05) is 53.9 Å². The zero-order chi connectivity index (χ0) is 19.3. The van der Waals surface area contributed by atoms with Gasteiger partial charge in [-0.25, -0.2) is 0 Å². The Morgan fingerprint density at radius 3 is 2.68 bits per heavy atom. The van der Waals surface area contributed by atoms with Gasteiger partial charge in [-0.1, -0.05) is 30.3 Å². The van der Waals surface area contributed by atoms with Crippen molar-refractivity contribution in [2.75, 3.05) is 20.2 Å². The van der Waals surface area contributed by atoms with Crippen molar-refractivity contribution in [3.8, 4) is 11.1 Å². The van der Waals surface area contributed by atoms with Crippen molar-refractivity contribution < 1.29 is 9.53 Å². The minimum Gasteiger partial charge on any atom is -0.378 e. The molecule has 5 rings (SSSR count). The summed E-state index contributed by atoms with van der Waals surface area (Å²) < 4.78 is 7.51. The number of benzene rings is 1. The zero-order valence-corrected chi connectivity index (χ0v) is 16.0. The van der Waals surface area contributed by atoms with E-state index in [2.05, 4.69) is 5.10 Å². The SMILES string of the molecule is COC1CN(C(=O)c2nn3c(=O)c(-c4ccccc4)ccc3c3sccc23)C1. The van der Waals surface area contributed by atoms with Crippen LogP contribution in [0.2, 0.25) is 0 Å². The molecule has 0 radical (unpaired) electrons. The van der Waals surface area contributed by atoms with Gasteiger partial charge in [0.2, 0.25) is 0 Å². The summed E-state index contributed by atoms with van der Waals surface area (Å²) in [5, 5.41) is 7.20. The van der Waals surface area contributed by atoms with Gasteiger partial charge in [-0.3, -0.25) is 9.59 Å². The van der Waals surface area contributed by atoms with Crippen LogP contribution in [0.4, 0.5) is 0 Å². The maximum absolute atomic E-state index is 13.2. The van der Waals surface area contributed by atoms with E-state index in [0.29, 0.717) is 29.9 Å². The Balaban J connectivity index is 1.70. The summed E-state index contributed by atoms with van der Waals surface area (Å²) in [5.41, 5.74) is 2.18. The largest absolute Gasteiger partial charge is 0.378 e. The molecule has 0 bridgehead atoms. The van der Waals surface area contributed by atoms with Crippen LogP contribution < -0.4 is 5.56 Å². The number of ether oxygens (including phenoxy) is 1. The molecule has 7 heteroatoms. The van der Waals surface area contributed by atoms with Crippen molar-refractivity contribution in [1.82, 2.24) is 14.5 Å². The first-order valence-electron chi connectivity index (χ1n) is 8.98. The molecular weight excluding hydrogens is 374 g/mol. The lowest BCUT2D eigenvalue weighted by Gasteiger charge is -2.37. The molecule has 3 aromatic heterocycles. The van der Waals surface area contributed by atoms with Crippen LogP contribution in [0, 0.1) is 0 Å². The van der Waals surface area contributed by atoms with E-state index in [-0.39, 0.29) is 17.6 Å². The smallest absolute Gasteiger partial charge is 0.279 e. The maximum atomic E-state index is 13.2. The van der Waals surface area contributed by atoms with Crippen LogP contribution in [-0.2, 0) is 4.74 Å². The van der Waals surface area contributed by atoms with E-state index in [1.165, 1.54) is 15.9 Å². The molecule has 0 spiro atoms. The molecule has 1 fully saturated rings. The number of amides is 1. The second-order valence-corrected chi connectivity index (χ2v) is 7.71. The summed E-state index contributed by atoms with van der Waals surface area (Å²) in [6, 6.07) is 15.1. The van der Waals surface area contributed by atoms with E-state index < -0.39 is 0 Å². The number of carbonyl (C=O) groups excluding carboxylic acids is 1. The Morgan fingerprint density at radius 1 is 1.14 bits per heavy atom. The molecule has 0 N–H and O–H groups in total. The van der Waals surface area contributed by atoms with Gasteiger partial charge in [0.15, 0.2) is 5.69 Å². The number of rotatable bonds is 3. The average molecular weight is 391 g/mol. The highest BCUT2D eigenvalue weighted by Gasteiger charge is 2.33. The van der Waals surface area contributed by atoms with Crippen LogP contribution in [-0.4, -0.2) is 46.7 Å². The van der Waals surface area contributed by atoms with Crippen molar-refractivity contribution in [3.63, 3.8) is 0 Å². The normalized spacial score (nSPS) is 14.5. The van der Waals surface area contributed by atoms with Crippen LogP contribution in [0.15, 0.2) is 58.7 Å². The summed E-state index contributed by atoms with van der Waals surface area (Å²) in [6.45, 7) is 1.08. The van der Waals surface area contributed by atoms with Gasteiger partial charge in [0.1, 0.15) is 0 Å². The summed E-state index contributed by atoms with van der Waals surface area (Å²) in [7, 11) is 1.64. The van der Waals surface area contributed by atoms with Crippen molar-refractivity contribution in [3.05, 3.63) is 70.0 Å². The van der Waals surface area contributed by atoms with Gasteiger partial charge < -0.3 is 9.64 Å². The molecule has 1 aromatic carbocycles. The Hall–Kier alpha value is -3.03. The van der Waals surface area contributed by atoms with E-state index in [4.69, 9.17) is 4.74 Å². The van der Waals surface area contributed by atoms with E-state index in [9.17, 15) is 9.59 Å². The number of carbonyl (C=O) groups is 1. The minimum absolute atomic E-state index is 0.0646. The van der Waals surface area contributed by atoms with Gasteiger partial charge in [0.05, 0.1) is 16.3 Å². The van der Waals surface area contributed by atoms with Gasteiger partial charge in [-0.15, -0.1) is 11.3 Å². The fraction of sp³-hybridized carbons (Fsp3) is 0.190. The number of methoxy groups -OCH3 is 1. The fourth-order valence-corrected chi connectivity index (χ4v) is 4.45. The number of hydrogen-bond donors (Lipinski definition) is 0. The van der Waals surface area contributed by atoms with Crippen LogP contribution >= 0.6 is 11.3 Å². The number of likely N-dealkylation sites (tertiary alicyclic amines) is 1. The molecule has 0 unspecified atom stereocenters. The quantitative estimate of drug-likeness (QED) is 0.539. The predicted molar refractivity (Wildman–Crippen MR) is 109 cm³/mol. The second-order valence-electron chi connectivity index (χ2n) is 6.80. The molecule has 0 aliphatic carbocycles. The Kier molecular flexibility index (Phi) is 3.99. The van der Waals surface area contributed by atoms with Crippen molar-refractivity contribution >= 4 is 32.8 Å². The molecular formula is C21H17N3O3S. The van der Waals surface area contributed by atoms with Gasteiger partial charge in [-0.2, -0.15) is 9.61 Å². The van der Waals surface area contributed by atoms with Crippen LogP contribution in [0.3, 0.4) is 0 Å². The van der Waals surface area contributed by atoms with Gasteiger partial charge in [0, 0.05) is 31.1 Å². The lowest BCUT2D eigenvalue weighted by molar-refractivity contribution is -0.0194. The van der Waals surface area contributed by atoms with Crippen molar-refractivity contribution in [1.29, 1.82) is 0 Å². The highest BCUT2D eigenvalue weighted by Crippen LogP contribution is 2.29. The van der Waals surface area contributed by atoms with Gasteiger partial charge >= 0.3 is 0 Å². The van der Waals surface area contributed by atoms with E-state index in [1.54, 1.807) is 12.0 Å². The molecule has 140 valence electrons. The number of fused-ring (bicyclic) bond motifs is 3. The molecule has 4 heterocycles. The maximum Gasteiger partial charge on any atom is 0.279 e. The van der Waals surface area contributed by atoms with Crippen molar-refractivity contribution in [2.45, 2.75) is 6.10 Å². The number of nitrogens with zero attached hydrogens (tertiary/aromatic N) is 3. The molecule has 28 heavy (non-hydrogen) atoms. The van der Waals surface area contributed by atoms with Crippen LogP contribution in [0.5, 0.6) is 0 Å². The lowest BCUT2D eigenvalue weighted by Crippen LogP contribution is -2.54. The average Bonchev–Trinajstić information content (AvgIpc) is 3.17. The molecule has 1 aliphatic heterocycles. The number of hydrogen-bond acceptors (Lipinski definition) is 5. The third kappa shape index (κ3) is 2.55. The highest BCUT2D eigenvalue weighted by molar-refractivity contribution is 7.18. The van der Waals surface area contributed by atoms with Crippen molar-refractivity contribution in [2.24, 2.45) is 0 Å². The van der Waals surface area contributed by atoms with E-state index in [0.717, 1.165) is 15.6 Å². The van der Waals surface area contributed by atoms with E-state index >= 15 is 0 Å². The van der Waals surface area contributed by atoms with Crippen LogP contribution in [0.25, 0.3) is 26.7 Å². The van der Waals surface area contributed by atoms with Gasteiger partial charge in [0.25, 0.3) is 11.5 Å². The molecule has 6 nitrogen and oxygen atoms in total. The molecule has 0 saturated carbocycles. The third-order valence-electron chi connectivity index (χ3n) is 5.17. The minimum atomic E-state index is -0.230. The first-order chi connectivity index (χ1) is 13.7. The number of pyridine rings is 1.